The van der Waals surface area contributed by atoms with E-state index in [1.165, 1.54) is 5.56 Å². The molecule has 0 amide bonds. The van der Waals surface area contributed by atoms with Crippen molar-refractivity contribution in [3.05, 3.63) is 29.3 Å². The van der Waals surface area contributed by atoms with E-state index in [-0.39, 0.29) is 24.0 Å². The zero-order valence-electron chi connectivity index (χ0n) is 15.8. The van der Waals surface area contributed by atoms with Gasteiger partial charge in [-0.05, 0) is 38.9 Å². The van der Waals surface area contributed by atoms with E-state index < -0.39 is 0 Å². The summed E-state index contributed by atoms with van der Waals surface area (Å²) in [6.45, 7) is 9.06. The highest BCUT2D eigenvalue weighted by Crippen LogP contribution is 2.19. The number of hydrogen-bond donors (Lipinski definition) is 2. The fourth-order valence-corrected chi connectivity index (χ4v) is 2.28. The number of hydrogen-bond acceptors (Lipinski definition) is 3. The van der Waals surface area contributed by atoms with Gasteiger partial charge in [0, 0.05) is 38.3 Å². The van der Waals surface area contributed by atoms with E-state index in [9.17, 15) is 0 Å². The molecule has 6 heteroatoms. The highest BCUT2D eigenvalue weighted by molar-refractivity contribution is 14.0. The number of rotatable bonds is 8. The lowest BCUT2D eigenvalue weighted by Crippen LogP contribution is -2.42. The summed E-state index contributed by atoms with van der Waals surface area (Å²) in [6.07, 6.45) is 1.16. The first-order valence-electron chi connectivity index (χ1n) is 8.30. The first-order chi connectivity index (χ1) is 11.0. The van der Waals surface area contributed by atoms with Gasteiger partial charge in [0.05, 0.1) is 7.11 Å². The Morgan fingerprint density at radius 2 is 2.04 bits per heavy atom. The largest absolute Gasteiger partial charge is 0.496 e. The van der Waals surface area contributed by atoms with Crippen LogP contribution in [0.1, 0.15) is 31.4 Å². The summed E-state index contributed by atoms with van der Waals surface area (Å²) in [6, 6.07) is 6.83. The van der Waals surface area contributed by atoms with Crippen LogP contribution in [0.5, 0.6) is 5.75 Å². The van der Waals surface area contributed by atoms with Gasteiger partial charge in [-0.3, -0.25) is 4.99 Å². The molecule has 0 aromatic heterocycles. The summed E-state index contributed by atoms with van der Waals surface area (Å²) >= 11 is 0. The van der Waals surface area contributed by atoms with Crippen LogP contribution in [0.4, 0.5) is 0 Å². The molecule has 1 atom stereocenters. The van der Waals surface area contributed by atoms with Crippen molar-refractivity contribution < 1.29 is 4.74 Å². The van der Waals surface area contributed by atoms with Crippen molar-refractivity contribution in [2.24, 2.45) is 4.99 Å². The van der Waals surface area contributed by atoms with E-state index in [1.807, 2.05) is 6.07 Å². The molecule has 0 radical (unpaired) electrons. The van der Waals surface area contributed by atoms with Crippen LogP contribution in [0, 0.1) is 6.92 Å². The van der Waals surface area contributed by atoms with E-state index in [0.29, 0.717) is 12.6 Å². The Kier molecular flexibility index (Phi) is 11.8. The number of ether oxygens (including phenoxy) is 1. The molecule has 0 aliphatic rings. The molecule has 1 rings (SSSR count). The van der Waals surface area contributed by atoms with Crippen molar-refractivity contribution in [2.75, 3.05) is 34.3 Å². The molecule has 2 N–H and O–H groups in total. The number of halogens is 1. The zero-order chi connectivity index (χ0) is 17.2. The van der Waals surface area contributed by atoms with Crippen LogP contribution in [0.3, 0.4) is 0 Å². The number of methoxy groups -OCH3 is 1. The molecule has 24 heavy (non-hydrogen) atoms. The number of likely N-dealkylation sites (N-methyl/N-ethyl adjacent to an activating group) is 1. The Bertz CT molecular complexity index is 508. The second-order valence-electron chi connectivity index (χ2n) is 5.91. The lowest BCUT2D eigenvalue weighted by Gasteiger charge is -2.24. The van der Waals surface area contributed by atoms with Gasteiger partial charge >= 0.3 is 0 Å². The smallest absolute Gasteiger partial charge is 0.191 e. The fourth-order valence-electron chi connectivity index (χ4n) is 2.28. The number of guanidine groups is 1. The summed E-state index contributed by atoms with van der Waals surface area (Å²) in [5.74, 6) is 1.72. The molecule has 138 valence electrons. The third kappa shape index (κ3) is 7.70. The predicted molar refractivity (Wildman–Crippen MR) is 114 cm³/mol. The molecule has 0 spiro atoms. The normalized spacial score (nSPS) is 12.5. The molecule has 0 heterocycles. The minimum atomic E-state index is 0. The quantitative estimate of drug-likeness (QED) is 0.365. The van der Waals surface area contributed by atoms with Gasteiger partial charge in [0.1, 0.15) is 5.75 Å². The van der Waals surface area contributed by atoms with E-state index in [0.717, 1.165) is 36.8 Å². The van der Waals surface area contributed by atoms with Gasteiger partial charge in [-0.15, -0.1) is 24.0 Å². The van der Waals surface area contributed by atoms with Crippen LogP contribution >= 0.6 is 24.0 Å². The molecule has 0 fully saturated rings. The fraction of sp³-hybridized carbons (Fsp3) is 0.611. The first kappa shape index (κ1) is 23.0. The summed E-state index contributed by atoms with van der Waals surface area (Å²) in [5, 5.41) is 6.69. The van der Waals surface area contributed by atoms with E-state index >= 15 is 0 Å². The van der Waals surface area contributed by atoms with Crippen molar-refractivity contribution in [3.8, 4) is 5.75 Å². The molecule has 0 aliphatic carbocycles. The van der Waals surface area contributed by atoms with Gasteiger partial charge in [-0.1, -0.05) is 19.1 Å². The second kappa shape index (κ2) is 12.4. The summed E-state index contributed by atoms with van der Waals surface area (Å²) in [5.41, 5.74) is 2.32. The Balaban J connectivity index is 0.00000529. The Hall–Kier alpha value is -1.02. The summed E-state index contributed by atoms with van der Waals surface area (Å²) in [4.78, 5) is 6.62. The zero-order valence-corrected chi connectivity index (χ0v) is 18.2. The predicted octanol–water partition coefficient (Wildman–Crippen LogP) is 3.02. The number of nitrogens with zero attached hydrogens (tertiary/aromatic N) is 2. The molecule has 5 nitrogen and oxygen atoms in total. The van der Waals surface area contributed by atoms with Gasteiger partial charge in [-0.2, -0.15) is 0 Å². The monoisotopic (exact) mass is 448 g/mol. The molecule has 1 unspecified atom stereocenters. The third-order valence-electron chi connectivity index (χ3n) is 4.21. The number of aryl methyl sites for hydroxylation is 1. The SMILES string of the molecule is CCC(C)N(C)CCNC(=NC)NCc1ccc(C)cc1OC.I. The Morgan fingerprint density at radius 3 is 2.62 bits per heavy atom. The van der Waals surface area contributed by atoms with E-state index in [2.05, 4.69) is 60.5 Å². The molecular formula is C18H33IN4O. The van der Waals surface area contributed by atoms with E-state index in [1.54, 1.807) is 14.2 Å². The standard InChI is InChI=1S/C18H32N4O.HI/c1-7-15(3)22(5)11-10-20-18(19-4)21-13-16-9-8-14(2)12-17(16)23-6;/h8-9,12,15H,7,10-11,13H2,1-6H3,(H2,19,20,21);1H. The number of nitrogens with one attached hydrogen (secondary N) is 2. The third-order valence-corrected chi connectivity index (χ3v) is 4.21. The van der Waals surface area contributed by atoms with Gasteiger partial charge in [0.25, 0.3) is 0 Å². The van der Waals surface area contributed by atoms with Crippen molar-refractivity contribution in [1.82, 2.24) is 15.5 Å². The lowest BCUT2D eigenvalue weighted by atomic mass is 10.1. The average molecular weight is 448 g/mol. The second-order valence-corrected chi connectivity index (χ2v) is 5.91. The number of benzene rings is 1. The molecule has 0 saturated carbocycles. The minimum absolute atomic E-state index is 0. The summed E-state index contributed by atoms with van der Waals surface area (Å²) < 4.78 is 5.44. The van der Waals surface area contributed by atoms with Crippen molar-refractivity contribution >= 4 is 29.9 Å². The highest BCUT2D eigenvalue weighted by atomic mass is 127. The maximum Gasteiger partial charge on any atom is 0.191 e. The van der Waals surface area contributed by atoms with Crippen molar-refractivity contribution in [3.63, 3.8) is 0 Å². The molecular weight excluding hydrogens is 415 g/mol. The van der Waals surface area contributed by atoms with Crippen LogP contribution in [0.2, 0.25) is 0 Å². The van der Waals surface area contributed by atoms with Crippen LogP contribution in [-0.4, -0.2) is 51.2 Å². The maximum atomic E-state index is 5.44. The Labute approximate surface area is 164 Å². The molecule has 1 aromatic carbocycles. The minimum Gasteiger partial charge on any atom is -0.496 e. The van der Waals surface area contributed by atoms with Gasteiger partial charge in [0.2, 0.25) is 0 Å². The molecule has 1 aromatic rings. The van der Waals surface area contributed by atoms with Crippen molar-refractivity contribution in [2.45, 2.75) is 39.8 Å². The number of aliphatic imine (C=N–C) groups is 1. The van der Waals surface area contributed by atoms with Gasteiger partial charge in [0.15, 0.2) is 5.96 Å². The molecule has 0 bridgehead atoms. The van der Waals surface area contributed by atoms with Crippen LogP contribution in [-0.2, 0) is 6.54 Å². The van der Waals surface area contributed by atoms with Crippen LogP contribution in [0.15, 0.2) is 23.2 Å². The highest BCUT2D eigenvalue weighted by Gasteiger charge is 2.07. The van der Waals surface area contributed by atoms with Gasteiger partial charge in [-0.25, -0.2) is 0 Å². The molecule has 0 aliphatic heterocycles. The van der Waals surface area contributed by atoms with Crippen molar-refractivity contribution in [1.29, 1.82) is 0 Å². The average Bonchev–Trinajstić information content (AvgIpc) is 2.57. The first-order valence-corrected chi connectivity index (χ1v) is 8.30. The Morgan fingerprint density at radius 1 is 1.33 bits per heavy atom. The van der Waals surface area contributed by atoms with E-state index in [4.69, 9.17) is 4.74 Å². The van der Waals surface area contributed by atoms with Crippen LogP contribution < -0.4 is 15.4 Å². The topological polar surface area (TPSA) is 48.9 Å². The maximum absolute atomic E-state index is 5.44. The van der Waals surface area contributed by atoms with Crippen LogP contribution in [0.25, 0.3) is 0 Å². The molecule has 0 saturated heterocycles. The summed E-state index contributed by atoms with van der Waals surface area (Å²) in [7, 11) is 5.65. The lowest BCUT2D eigenvalue weighted by molar-refractivity contribution is 0.255. The van der Waals surface area contributed by atoms with Gasteiger partial charge < -0.3 is 20.3 Å².